The summed E-state index contributed by atoms with van der Waals surface area (Å²) < 4.78 is 0. The maximum absolute atomic E-state index is 11.8. The van der Waals surface area contributed by atoms with Gasteiger partial charge in [-0.05, 0) is 17.7 Å². The topological polar surface area (TPSA) is 72.2 Å². The molecule has 0 atom stereocenters. The maximum atomic E-state index is 11.8. The molecule has 0 aromatic heterocycles. The molecule has 100 valence electrons. The van der Waals surface area contributed by atoms with E-state index in [9.17, 15) is 14.9 Å². The standard InChI is InChI=1S/C15H12N2O3/c18-15(13-7-4-8-14(11-13)17(19)20)16-10-9-12-5-2-1-3-6-12/h1-11H,(H,16,18)/b10-9+. The van der Waals surface area contributed by atoms with Crippen LogP contribution in [0.15, 0.2) is 60.8 Å². The van der Waals surface area contributed by atoms with Gasteiger partial charge < -0.3 is 5.32 Å². The molecule has 0 heterocycles. The first kappa shape index (κ1) is 13.5. The lowest BCUT2D eigenvalue weighted by Crippen LogP contribution is -2.16. The van der Waals surface area contributed by atoms with Crippen molar-refractivity contribution in [3.8, 4) is 0 Å². The van der Waals surface area contributed by atoms with E-state index in [-0.39, 0.29) is 17.2 Å². The van der Waals surface area contributed by atoms with Crippen molar-refractivity contribution in [2.24, 2.45) is 0 Å². The fourth-order valence-corrected chi connectivity index (χ4v) is 1.62. The summed E-state index contributed by atoms with van der Waals surface area (Å²) in [5, 5.41) is 13.2. The Hall–Kier alpha value is -2.95. The highest BCUT2D eigenvalue weighted by Gasteiger charge is 2.09. The highest BCUT2D eigenvalue weighted by molar-refractivity contribution is 5.95. The second-order valence-electron chi connectivity index (χ2n) is 4.02. The number of amides is 1. The molecule has 1 N–H and O–H groups in total. The van der Waals surface area contributed by atoms with Gasteiger partial charge in [0.25, 0.3) is 11.6 Å². The molecule has 0 aliphatic heterocycles. The lowest BCUT2D eigenvalue weighted by Gasteiger charge is -2.00. The van der Waals surface area contributed by atoms with Crippen LogP contribution in [-0.2, 0) is 0 Å². The minimum Gasteiger partial charge on any atom is -0.329 e. The lowest BCUT2D eigenvalue weighted by atomic mass is 10.2. The zero-order valence-electron chi connectivity index (χ0n) is 10.5. The molecule has 0 bridgehead atoms. The number of nitrogens with one attached hydrogen (secondary N) is 1. The summed E-state index contributed by atoms with van der Waals surface area (Å²) in [7, 11) is 0. The van der Waals surface area contributed by atoms with Crippen molar-refractivity contribution in [2.75, 3.05) is 0 Å². The van der Waals surface area contributed by atoms with Crippen molar-refractivity contribution in [1.82, 2.24) is 5.32 Å². The van der Waals surface area contributed by atoms with Crippen LogP contribution in [0.4, 0.5) is 5.69 Å². The van der Waals surface area contributed by atoms with E-state index in [1.807, 2.05) is 30.3 Å². The van der Waals surface area contributed by atoms with E-state index < -0.39 is 4.92 Å². The maximum Gasteiger partial charge on any atom is 0.270 e. The second kappa shape index (κ2) is 6.29. The Morgan fingerprint density at radius 1 is 1.10 bits per heavy atom. The van der Waals surface area contributed by atoms with E-state index in [0.717, 1.165) is 5.56 Å². The SMILES string of the molecule is O=C(N/C=C/c1ccccc1)c1cccc([N+](=O)[O-])c1. The number of benzene rings is 2. The van der Waals surface area contributed by atoms with E-state index in [1.165, 1.54) is 30.5 Å². The number of nitro benzene ring substituents is 1. The van der Waals surface area contributed by atoms with Crippen LogP contribution in [-0.4, -0.2) is 10.8 Å². The predicted octanol–water partition coefficient (Wildman–Crippen LogP) is 3.00. The molecular weight excluding hydrogens is 256 g/mol. The molecule has 2 rings (SSSR count). The molecule has 0 aliphatic rings. The summed E-state index contributed by atoms with van der Waals surface area (Å²) in [6, 6.07) is 15.1. The molecule has 0 radical (unpaired) electrons. The molecule has 0 saturated carbocycles. The van der Waals surface area contributed by atoms with Gasteiger partial charge in [0, 0.05) is 23.9 Å². The van der Waals surface area contributed by atoms with Gasteiger partial charge in [0.2, 0.25) is 0 Å². The van der Waals surface area contributed by atoms with Gasteiger partial charge in [-0.15, -0.1) is 0 Å². The van der Waals surface area contributed by atoms with Gasteiger partial charge in [-0.25, -0.2) is 0 Å². The summed E-state index contributed by atoms with van der Waals surface area (Å²) in [5.41, 5.74) is 1.09. The first-order valence-corrected chi connectivity index (χ1v) is 5.94. The molecule has 2 aromatic rings. The fourth-order valence-electron chi connectivity index (χ4n) is 1.62. The number of carbonyl (C=O) groups is 1. The van der Waals surface area contributed by atoms with Crippen LogP contribution in [0.5, 0.6) is 0 Å². The van der Waals surface area contributed by atoms with Gasteiger partial charge in [0.1, 0.15) is 0 Å². The number of non-ortho nitro benzene ring substituents is 1. The zero-order chi connectivity index (χ0) is 14.4. The van der Waals surface area contributed by atoms with E-state index in [0.29, 0.717) is 0 Å². The third-order valence-electron chi connectivity index (χ3n) is 2.61. The van der Waals surface area contributed by atoms with Gasteiger partial charge in [0.05, 0.1) is 4.92 Å². The van der Waals surface area contributed by atoms with Crippen LogP contribution in [0.3, 0.4) is 0 Å². The summed E-state index contributed by atoms with van der Waals surface area (Å²) >= 11 is 0. The Morgan fingerprint density at radius 2 is 1.85 bits per heavy atom. The molecule has 0 spiro atoms. The molecule has 5 nitrogen and oxygen atoms in total. The minimum atomic E-state index is -0.531. The smallest absolute Gasteiger partial charge is 0.270 e. The first-order valence-electron chi connectivity index (χ1n) is 5.94. The Kier molecular flexibility index (Phi) is 4.24. The van der Waals surface area contributed by atoms with Crippen LogP contribution >= 0.6 is 0 Å². The Balaban J connectivity index is 2.04. The minimum absolute atomic E-state index is 0.107. The van der Waals surface area contributed by atoms with Crippen molar-refractivity contribution in [3.05, 3.63) is 82.0 Å². The number of hydrogen-bond acceptors (Lipinski definition) is 3. The molecule has 0 fully saturated rings. The Morgan fingerprint density at radius 3 is 2.55 bits per heavy atom. The van der Waals surface area contributed by atoms with Gasteiger partial charge in [0.15, 0.2) is 0 Å². The van der Waals surface area contributed by atoms with Crippen LogP contribution in [0.25, 0.3) is 6.08 Å². The fraction of sp³-hybridized carbons (Fsp3) is 0. The lowest BCUT2D eigenvalue weighted by molar-refractivity contribution is -0.384. The van der Waals surface area contributed by atoms with Gasteiger partial charge >= 0.3 is 0 Å². The molecular formula is C15H12N2O3. The van der Waals surface area contributed by atoms with Crippen molar-refractivity contribution < 1.29 is 9.72 Å². The number of carbonyl (C=O) groups excluding carboxylic acids is 1. The van der Waals surface area contributed by atoms with Gasteiger partial charge in [-0.2, -0.15) is 0 Å². The second-order valence-corrected chi connectivity index (χ2v) is 4.02. The van der Waals surface area contributed by atoms with E-state index in [1.54, 1.807) is 6.08 Å². The largest absolute Gasteiger partial charge is 0.329 e. The predicted molar refractivity (Wildman–Crippen MR) is 76.0 cm³/mol. The molecule has 0 aliphatic carbocycles. The van der Waals surface area contributed by atoms with Crippen LogP contribution in [0, 0.1) is 10.1 Å². The summed E-state index contributed by atoms with van der Waals surface area (Å²) in [4.78, 5) is 21.9. The highest BCUT2D eigenvalue weighted by atomic mass is 16.6. The number of nitro groups is 1. The Bertz CT molecular complexity index is 651. The molecule has 20 heavy (non-hydrogen) atoms. The molecule has 1 amide bonds. The van der Waals surface area contributed by atoms with Crippen molar-refractivity contribution in [2.45, 2.75) is 0 Å². The zero-order valence-corrected chi connectivity index (χ0v) is 10.5. The van der Waals surface area contributed by atoms with E-state index in [4.69, 9.17) is 0 Å². The van der Waals surface area contributed by atoms with E-state index >= 15 is 0 Å². The average molecular weight is 268 g/mol. The third kappa shape index (κ3) is 3.52. The third-order valence-corrected chi connectivity index (χ3v) is 2.61. The van der Waals surface area contributed by atoms with Gasteiger partial charge in [-0.1, -0.05) is 36.4 Å². The average Bonchev–Trinajstić information content (AvgIpc) is 2.48. The van der Waals surface area contributed by atoms with Crippen LogP contribution < -0.4 is 5.32 Å². The first-order chi connectivity index (χ1) is 9.66. The molecule has 5 heteroatoms. The number of hydrogen-bond donors (Lipinski definition) is 1. The van der Waals surface area contributed by atoms with Gasteiger partial charge in [-0.3, -0.25) is 14.9 Å². The quantitative estimate of drug-likeness (QED) is 0.684. The van der Waals surface area contributed by atoms with E-state index in [2.05, 4.69) is 5.32 Å². The highest BCUT2D eigenvalue weighted by Crippen LogP contribution is 2.12. The summed E-state index contributed by atoms with van der Waals surface area (Å²) in [5.74, 6) is -0.388. The van der Waals surface area contributed by atoms with Crippen molar-refractivity contribution in [3.63, 3.8) is 0 Å². The molecule has 2 aromatic carbocycles. The monoisotopic (exact) mass is 268 g/mol. The van der Waals surface area contributed by atoms with Crippen LogP contribution in [0.1, 0.15) is 15.9 Å². The molecule has 0 unspecified atom stereocenters. The number of nitrogens with zero attached hydrogens (tertiary/aromatic N) is 1. The Labute approximate surface area is 115 Å². The normalized spacial score (nSPS) is 10.4. The number of rotatable bonds is 4. The molecule has 0 saturated heterocycles. The van der Waals surface area contributed by atoms with Crippen LogP contribution in [0.2, 0.25) is 0 Å². The van der Waals surface area contributed by atoms with Crippen molar-refractivity contribution in [1.29, 1.82) is 0 Å². The van der Waals surface area contributed by atoms with Crippen molar-refractivity contribution >= 4 is 17.7 Å². The summed E-state index contributed by atoms with van der Waals surface area (Å²) in [6.45, 7) is 0. The summed E-state index contributed by atoms with van der Waals surface area (Å²) in [6.07, 6.45) is 3.26.